The fraction of sp³-hybridized carbons (Fsp3) is 0. The van der Waals surface area contributed by atoms with E-state index in [1.54, 1.807) is 0 Å². The molecule has 11 rings (SSSR count). The molecule has 0 radical (unpaired) electrons. The van der Waals surface area contributed by atoms with Crippen LogP contribution in [-0.2, 0) is 0 Å². The van der Waals surface area contributed by atoms with Gasteiger partial charge in [0, 0.05) is 27.7 Å². The molecular formula is C52H33NO. The van der Waals surface area contributed by atoms with Gasteiger partial charge in [0.15, 0.2) is 0 Å². The second kappa shape index (κ2) is 12.2. The molecule has 2 nitrogen and oxygen atoms in total. The van der Waals surface area contributed by atoms with E-state index < -0.39 is 0 Å². The number of anilines is 3. The summed E-state index contributed by atoms with van der Waals surface area (Å²) in [4.78, 5) is 2.41. The summed E-state index contributed by atoms with van der Waals surface area (Å²) in [6, 6.07) is 72.4. The quantitative estimate of drug-likeness (QED) is 0.168. The first-order chi connectivity index (χ1) is 26.7. The summed E-state index contributed by atoms with van der Waals surface area (Å²) in [7, 11) is 0. The maximum Gasteiger partial charge on any atom is 0.136 e. The minimum absolute atomic E-state index is 0.886. The van der Waals surface area contributed by atoms with Crippen LogP contribution in [0.15, 0.2) is 205 Å². The predicted molar refractivity (Wildman–Crippen MR) is 229 cm³/mol. The van der Waals surface area contributed by atoms with Crippen LogP contribution in [0, 0.1) is 0 Å². The molecule has 1 heterocycles. The summed E-state index contributed by atoms with van der Waals surface area (Å²) < 4.78 is 6.54. The zero-order valence-electron chi connectivity index (χ0n) is 29.4. The maximum atomic E-state index is 6.54. The molecule has 0 fully saturated rings. The Kier molecular flexibility index (Phi) is 6.90. The summed E-state index contributed by atoms with van der Waals surface area (Å²) in [5, 5.41) is 12.1. The molecule has 0 bridgehead atoms. The third-order valence-corrected chi connectivity index (χ3v) is 11.0. The molecule has 0 aliphatic heterocycles. The Hall–Kier alpha value is -7.16. The minimum atomic E-state index is 0.886. The second-order valence-corrected chi connectivity index (χ2v) is 14.1. The zero-order chi connectivity index (χ0) is 35.6. The Morgan fingerprint density at radius 3 is 1.78 bits per heavy atom. The molecule has 0 amide bonds. The summed E-state index contributed by atoms with van der Waals surface area (Å²) >= 11 is 0. The molecular weight excluding hydrogens is 655 g/mol. The van der Waals surface area contributed by atoms with E-state index in [1.165, 1.54) is 54.2 Å². The molecule has 11 aromatic rings. The van der Waals surface area contributed by atoms with Crippen LogP contribution < -0.4 is 4.90 Å². The highest BCUT2D eigenvalue weighted by Crippen LogP contribution is 2.46. The molecule has 1 aromatic heterocycles. The van der Waals surface area contributed by atoms with Gasteiger partial charge in [-0.3, -0.25) is 0 Å². The van der Waals surface area contributed by atoms with Crippen molar-refractivity contribution in [1.29, 1.82) is 0 Å². The largest absolute Gasteiger partial charge is 0.456 e. The molecule has 0 spiro atoms. The van der Waals surface area contributed by atoms with Crippen molar-refractivity contribution in [2.24, 2.45) is 0 Å². The first kappa shape index (κ1) is 30.5. The SMILES string of the molecule is c1ccc(N(c2ccc(-c3ccc4ccccc4c3)cc2)c2ccc3c(ccc4ccccc43)c2)c(-c2cccc3oc4cc5ccccc5cc4c23)c1. The van der Waals surface area contributed by atoms with Crippen LogP contribution in [0.1, 0.15) is 0 Å². The van der Waals surface area contributed by atoms with Crippen LogP contribution in [0.4, 0.5) is 17.1 Å². The average molecular weight is 688 g/mol. The van der Waals surface area contributed by atoms with Gasteiger partial charge >= 0.3 is 0 Å². The molecule has 54 heavy (non-hydrogen) atoms. The molecule has 0 saturated carbocycles. The number of hydrogen-bond acceptors (Lipinski definition) is 2. The lowest BCUT2D eigenvalue weighted by molar-refractivity contribution is 0.669. The van der Waals surface area contributed by atoms with Gasteiger partial charge < -0.3 is 9.32 Å². The highest BCUT2D eigenvalue weighted by molar-refractivity contribution is 6.17. The van der Waals surface area contributed by atoms with Crippen LogP contribution >= 0.6 is 0 Å². The normalized spacial score (nSPS) is 11.7. The highest BCUT2D eigenvalue weighted by Gasteiger charge is 2.21. The molecule has 252 valence electrons. The van der Waals surface area contributed by atoms with Crippen molar-refractivity contribution >= 4 is 82.1 Å². The van der Waals surface area contributed by atoms with Crippen LogP contribution in [0.5, 0.6) is 0 Å². The maximum absolute atomic E-state index is 6.54. The van der Waals surface area contributed by atoms with Crippen molar-refractivity contribution in [1.82, 2.24) is 0 Å². The standard InChI is InChI=1S/C52H33NO/c1-2-12-37-30-40(22-20-34(37)10-1)35-24-26-42(27-25-35)53(43-28-29-45-41(31-43)23-21-36-11-5-6-15-44(36)45)49-18-8-7-16-46(49)47-17-9-19-50-52(47)48-32-38-13-3-4-14-39(38)33-51(48)54-50/h1-33H. The van der Waals surface area contributed by atoms with Gasteiger partial charge in [-0.05, 0) is 114 Å². The zero-order valence-corrected chi connectivity index (χ0v) is 29.4. The molecule has 0 atom stereocenters. The van der Waals surface area contributed by atoms with Crippen molar-refractivity contribution in [3.63, 3.8) is 0 Å². The summed E-state index contributed by atoms with van der Waals surface area (Å²) in [6.45, 7) is 0. The Balaban J connectivity index is 1.12. The summed E-state index contributed by atoms with van der Waals surface area (Å²) in [5.41, 5.74) is 9.73. The van der Waals surface area contributed by atoms with Gasteiger partial charge in [0.1, 0.15) is 11.2 Å². The summed E-state index contributed by atoms with van der Waals surface area (Å²) in [5.74, 6) is 0. The fourth-order valence-electron chi connectivity index (χ4n) is 8.37. The first-order valence-electron chi connectivity index (χ1n) is 18.5. The third kappa shape index (κ3) is 4.96. The highest BCUT2D eigenvalue weighted by atomic mass is 16.3. The van der Waals surface area contributed by atoms with Crippen LogP contribution in [0.2, 0.25) is 0 Å². The van der Waals surface area contributed by atoms with Crippen molar-refractivity contribution in [2.75, 3.05) is 4.90 Å². The Morgan fingerprint density at radius 1 is 0.315 bits per heavy atom. The minimum Gasteiger partial charge on any atom is -0.456 e. The molecule has 0 aliphatic carbocycles. The van der Waals surface area contributed by atoms with E-state index in [4.69, 9.17) is 4.42 Å². The lowest BCUT2D eigenvalue weighted by atomic mass is 9.95. The van der Waals surface area contributed by atoms with Gasteiger partial charge in [-0.15, -0.1) is 0 Å². The van der Waals surface area contributed by atoms with Crippen LogP contribution in [0.25, 0.3) is 87.3 Å². The van der Waals surface area contributed by atoms with Gasteiger partial charge in [-0.1, -0.05) is 146 Å². The van der Waals surface area contributed by atoms with Gasteiger partial charge in [0.05, 0.1) is 5.69 Å². The summed E-state index contributed by atoms with van der Waals surface area (Å²) in [6.07, 6.45) is 0. The van der Waals surface area contributed by atoms with E-state index >= 15 is 0 Å². The molecule has 0 aliphatic rings. The Bertz CT molecular complexity index is 3230. The fourth-order valence-corrected chi connectivity index (χ4v) is 8.37. The number of fused-ring (bicyclic) bond motifs is 8. The lowest BCUT2D eigenvalue weighted by Crippen LogP contribution is -2.11. The average Bonchev–Trinajstić information content (AvgIpc) is 3.60. The van der Waals surface area contributed by atoms with E-state index in [0.29, 0.717) is 0 Å². The smallest absolute Gasteiger partial charge is 0.136 e. The molecule has 10 aromatic carbocycles. The number of benzene rings is 10. The van der Waals surface area contributed by atoms with Gasteiger partial charge in [-0.2, -0.15) is 0 Å². The van der Waals surface area contributed by atoms with Gasteiger partial charge in [-0.25, -0.2) is 0 Å². The van der Waals surface area contributed by atoms with Crippen molar-refractivity contribution in [3.8, 4) is 22.3 Å². The predicted octanol–water partition coefficient (Wildman–Crippen LogP) is 15.0. The van der Waals surface area contributed by atoms with Crippen LogP contribution in [-0.4, -0.2) is 0 Å². The monoisotopic (exact) mass is 687 g/mol. The number of hydrogen-bond donors (Lipinski definition) is 0. The lowest BCUT2D eigenvalue weighted by Gasteiger charge is -2.28. The van der Waals surface area contributed by atoms with E-state index in [-0.39, 0.29) is 0 Å². The number of furan rings is 1. The van der Waals surface area contributed by atoms with E-state index in [0.717, 1.165) is 50.1 Å². The van der Waals surface area contributed by atoms with Crippen molar-refractivity contribution < 1.29 is 4.42 Å². The van der Waals surface area contributed by atoms with Crippen LogP contribution in [0.3, 0.4) is 0 Å². The molecule has 0 unspecified atom stereocenters. The van der Waals surface area contributed by atoms with Crippen molar-refractivity contribution in [3.05, 3.63) is 200 Å². The second-order valence-electron chi connectivity index (χ2n) is 14.1. The molecule has 2 heteroatoms. The van der Waals surface area contributed by atoms with Gasteiger partial charge in [0.2, 0.25) is 0 Å². The topological polar surface area (TPSA) is 16.4 Å². The Labute approximate surface area is 312 Å². The Morgan fingerprint density at radius 2 is 0.926 bits per heavy atom. The number of para-hydroxylation sites is 1. The van der Waals surface area contributed by atoms with Crippen molar-refractivity contribution in [2.45, 2.75) is 0 Å². The van der Waals surface area contributed by atoms with Gasteiger partial charge in [0.25, 0.3) is 0 Å². The third-order valence-electron chi connectivity index (χ3n) is 11.0. The van der Waals surface area contributed by atoms with E-state index in [9.17, 15) is 0 Å². The number of rotatable bonds is 5. The first-order valence-corrected chi connectivity index (χ1v) is 18.5. The molecule has 0 saturated heterocycles. The van der Waals surface area contributed by atoms with E-state index in [1.807, 2.05) is 0 Å². The van der Waals surface area contributed by atoms with E-state index in [2.05, 4.69) is 205 Å². The molecule has 0 N–H and O–H groups in total. The number of nitrogens with zero attached hydrogens (tertiary/aromatic N) is 1.